The molecule has 1 rings (SSSR count). The summed E-state index contributed by atoms with van der Waals surface area (Å²) in [6, 6.07) is 4.87. The van der Waals surface area contributed by atoms with Crippen LogP contribution >= 0.6 is 0 Å². The Bertz CT molecular complexity index is 425. The molecular formula is C13H20N2O3. The largest absolute Gasteiger partial charge is 0.492 e. The van der Waals surface area contributed by atoms with Crippen LogP contribution in [0.1, 0.15) is 26.3 Å². The van der Waals surface area contributed by atoms with Crippen LogP contribution in [0, 0.1) is 17.0 Å². The maximum Gasteiger partial charge on any atom is 0.276 e. The summed E-state index contributed by atoms with van der Waals surface area (Å²) < 4.78 is 5.56. The number of rotatable bonds is 5. The van der Waals surface area contributed by atoms with Gasteiger partial charge in [-0.05, 0) is 33.8 Å². The molecular weight excluding hydrogens is 232 g/mol. The smallest absolute Gasteiger partial charge is 0.276 e. The van der Waals surface area contributed by atoms with Crippen molar-refractivity contribution in [3.05, 3.63) is 33.9 Å². The van der Waals surface area contributed by atoms with Crippen LogP contribution in [0.4, 0.5) is 5.69 Å². The second kappa shape index (κ2) is 5.82. The van der Waals surface area contributed by atoms with E-state index in [1.807, 2.05) is 0 Å². The van der Waals surface area contributed by atoms with Gasteiger partial charge in [-0.15, -0.1) is 0 Å². The van der Waals surface area contributed by atoms with Crippen LogP contribution in [-0.4, -0.2) is 23.6 Å². The zero-order valence-corrected chi connectivity index (χ0v) is 11.3. The molecule has 0 aromatic heterocycles. The van der Waals surface area contributed by atoms with Crippen LogP contribution in [0.2, 0.25) is 0 Å². The summed E-state index contributed by atoms with van der Waals surface area (Å²) in [6.07, 6.45) is 0. The summed E-state index contributed by atoms with van der Waals surface area (Å²) in [5.74, 6) is 0.569. The number of hydrogen-bond donors (Lipinski definition) is 1. The maximum absolute atomic E-state index is 10.8. The first-order valence-electron chi connectivity index (χ1n) is 5.93. The first-order valence-corrected chi connectivity index (χ1v) is 5.93. The summed E-state index contributed by atoms with van der Waals surface area (Å²) >= 11 is 0. The van der Waals surface area contributed by atoms with Gasteiger partial charge in [0.25, 0.3) is 5.69 Å². The van der Waals surface area contributed by atoms with Gasteiger partial charge in [-0.1, -0.05) is 6.07 Å². The molecule has 0 spiro atoms. The molecule has 5 heteroatoms. The Morgan fingerprint density at radius 2 is 2.06 bits per heavy atom. The van der Waals surface area contributed by atoms with Crippen LogP contribution in [0.5, 0.6) is 5.75 Å². The standard InChI is InChI=1S/C13H20N2O3/c1-10-11(15(16)17)6-5-7-12(10)18-9-8-14-13(2,3)4/h5-7,14H,8-9H2,1-4H3. The summed E-state index contributed by atoms with van der Waals surface area (Å²) in [4.78, 5) is 10.4. The predicted molar refractivity (Wildman–Crippen MR) is 71.1 cm³/mol. The van der Waals surface area contributed by atoms with Crippen molar-refractivity contribution in [3.8, 4) is 5.75 Å². The summed E-state index contributed by atoms with van der Waals surface area (Å²) in [7, 11) is 0. The lowest BCUT2D eigenvalue weighted by atomic mass is 10.1. The van der Waals surface area contributed by atoms with E-state index in [9.17, 15) is 10.1 Å². The number of nitro groups is 1. The summed E-state index contributed by atoms with van der Waals surface area (Å²) in [5.41, 5.74) is 0.704. The molecule has 0 radical (unpaired) electrons. The Hall–Kier alpha value is -1.62. The van der Waals surface area contributed by atoms with Crippen molar-refractivity contribution in [1.82, 2.24) is 5.32 Å². The fourth-order valence-corrected chi connectivity index (χ4v) is 1.54. The third-order valence-electron chi connectivity index (χ3n) is 2.47. The predicted octanol–water partition coefficient (Wildman–Crippen LogP) is 2.67. The molecule has 0 amide bonds. The minimum atomic E-state index is -0.393. The van der Waals surface area contributed by atoms with Crippen molar-refractivity contribution in [2.75, 3.05) is 13.2 Å². The van der Waals surface area contributed by atoms with Crippen LogP contribution in [0.25, 0.3) is 0 Å². The van der Waals surface area contributed by atoms with E-state index in [1.165, 1.54) is 6.07 Å². The van der Waals surface area contributed by atoms with Gasteiger partial charge >= 0.3 is 0 Å². The lowest BCUT2D eigenvalue weighted by molar-refractivity contribution is -0.385. The van der Waals surface area contributed by atoms with Gasteiger partial charge in [-0.2, -0.15) is 0 Å². The Labute approximate surface area is 107 Å². The summed E-state index contributed by atoms with van der Waals surface area (Å²) in [5, 5.41) is 14.1. The molecule has 1 N–H and O–H groups in total. The molecule has 0 heterocycles. The number of nitro benzene ring substituents is 1. The van der Waals surface area contributed by atoms with E-state index in [0.29, 0.717) is 24.5 Å². The van der Waals surface area contributed by atoms with E-state index in [1.54, 1.807) is 19.1 Å². The lowest BCUT2D eigenvalue weighted by Gasteiger charge is -2.20. The monoisotopic (exact) mass is 252 g/mol. The van der Waals surface area contributed by atoms with Crippen molar-refractivity contribution >= 4 is 5.69 Å². The van der Waals surface area contributed by atoms with Crippen molar-refractivity contribution < 1.29 is 9.66 Å². The van der Waals surface area contributed by atoms with E-state index < -0.39 is 4.92 Å². The molecule has 0 unspecified atom stereocenters. The average Bonchev–Trinajstić information content (AvgIpc) is 2.24. The van der Waals surface area contributed by atoms with Gasteiger partial charge in [-0.25, -0.2) is 0 Å². The quantitative estimate of drug-likeness (QED) is 0.497. The van der Waals surface area contributed by atoms with Crippen molar-refractivity contribution in [1.29, 1.82) is 0 Å². The molecule has 0 aliphatic rings. The topological polar surface area (TPSA) is 64.4 Å². The van der Waals surface area contributed by atoms with E-state index in [4.69, 9.17) is 4.74 Å². The van der Waals surface area contributed by atoms with Crippen molar-refractivity contribution in [2.45, 2.75) is 33.2 Å². The van der Waals surface area contributed by atoms with Crippen LogP contribution in [-0.2, 0) is 0 Å². The molecule has 0 atom stereocenters. The van der Waals surface area contributed by atoms with Gasteiger partial charge in [0.05, 0.1) is 10.5 Å². The normalized spacial score (nSPS) is 11.3. The Morgan fingerprint density at radius 3 is 2.61 bits per heavy atom. The molecule has 1 aromatic rings. The molecule has 0 saturated carbocycles. The van der Waals surface area contributed by atoms with Crippen LogP contribution < -0.4 is 10.1 Å². The second-order valence-corrected chi connectivity index (χ2v) is 5.18. The Morgan fingerprint density at radius 1 is 1.39 bits per heavy atom. The van der Waals surface area contributed by atoms with Gasteiger partial charge in [-0.3, -0.25) is 10.1 Å². The Balaban J connectivity index is 2.58. The maximum atomic E-state index is 10.8. The van der Waals surface area contributed by atoms with E-state index in [-0.39, 0.29) is 11.2 Å². The third kappa shape index (κ3) is 4.33. The zero-order valence-electron chi connectivity index (χ0n) is 11.3. The summed E-state index contributed by atoms with van der Waals surface area (Å²) in [6.45, 7) is 9.11. The van der Waals surface area contributed by atoms with E-state index in [2.05, 4.69) is 26.1 Å². The molecule has 0 aliphatic carbocycles. The number of benzene rings is 1. The fourth-order valence-electron chi connectivity index (χ4n) is 1.54. The van der Waals surface area contributed by atoms with E-state index in [0.717, 1.165) is 0 Å². The molecule has 1 aromatic carbocycles. The zero-order chi connectivity index (χ0) is 13.8. The molecule has 0 aliphatic heterocycles. The molecule has 0 saturated heterocycles. The van der Waals surface area contributed by atoms with Gasteiger partial charge in [0.2, 0.25) is 0 Å². The molecule has 0 bridgehead atoms. The minimum absolute atomic E-state index is 0.0427. The highest BCUT2D eigenvalue weighted by Gasteiger charge is 2.14. The SMILES string of the molecule is Cc1c(OCCNC(C)(C)C)cccc1[N+](=O)[O-]. The van der Waals surface area contributed by atoms with Crippen LogP contribution in [0.3, 0.4) is 0 Å². The minimum Gasteiger partial charge on any atom is -0.492 e. The number of hydrogen-bond acceptors (Lipinski definition) is 4. The highest BCUT2D eigenvalue weighted by Crippen LogP contribution is 2.26. The van der Waals surface area contributed by atoms with Gasteiger partial charge in [0.1, 0.15) is 12.4 Å². The third-order valence-corrected chi connectivity index (χ3v) is 2.47. The molecule has 18 heavy (non-hydrogen) atoms. The highest BCUT2D eigenvalue weighted by atomic mass is 16.6. The molecule has 0 fully saturated rings. The average molecular weight is 252 g/mol. The van der Waals surface area contributed by atoms with Crippen molar-refractivity contribution in [2.24, 2.45) is 0 Å². The molecule has 100 valence electrons. The first-order chi connectivity index (χ1) is 8.31. The van der Waals surface area contributed by atoms with Crippen LogP contribution in [0.15, 0.2) is 18.2 Å². The second-order valence-electron chi connectivity index (χ2n) is 5.18. The lowest BCUT2D eigenvalue weighted by Crippen LogP contribution is -2.38. The number of nitrogens with zero attached hydrogens (tertiary/aromatic N) is 1. The number of ether oxygens (including phenoxy) is 1. The first kappa shape index (κ1) is 14.4. The van der Waals surface area contributed by atoms with E-state index >= 15 is 0 Å². The van der Waals surface area contributed by atoms with Gasteiger partial charge in [0, 0.05) is 18.2 Å². The van der Waals surface area contributed by atoms with Crippen molar-refractivity contribution in [3.63, 3.8) is 0 Å². The fraction of sp³-hybridized carbons (Fsp3) is 0.538. The Kier molecular flexibility index (Phi) is 4.67. The van der Waals surface area contributed by atoms with Gasteiger partial charge < -0.3 is 10.1 Å². The highest BCUT2D eigenvalue weighted by molar-refractivity contribution is 5.48. The van der Waals surface area contributed by atoms with Gasteiger partial charge in [0.15, 0.2) is 0 Å². The molecule has 5 nitrogen and oxygen atoms in total. The number of nitrogens with one attached hydrogen (secondary N) is 1.